The van der Waals surface area contributed by atoms with Gasteiger partial charge >= 0.3 is 6.18 Å². The Balaban J connectivity index is 1.36. The highest BCUT2D eigenvalue weighted by Gasteiger charge is 2.54. The van der Waals surface area contributed by atoms with Crippen molar-refractivity contribution in [3.63, 3.8) is 0 Å². The molecule has 4 heterocycles. The van der Waals surface area contributed by atoms with Crippen molar-refractivity contribution in [2.75, 3.05) is 17.2 Å². The van der Waals surface area contributed by atoms with Gasteiger partial charge in [0, 0.05) is 29.4 Å². The number of carbonyl (C=O) groups is 1. The molecule has 1 saturated heterocycles. The first-order valence-corrected chi connectivity index (χ1v) is 11.6. The van der Waals surface area contributed by atoms with Crippen molar-refractivity contribution < 1.29 is 27.4 Å². The quantitative estimate of drug-likeness (QED) is 0.413. The molecule has 1 saturated carbocycles. The molecule has 2 N–H and O–H groups in total. The minimum absolute atomic E-state index is 0.117. The number of ether oxygens (including phenoxy) is 2. The fourth-order valence-corrected chi connectivity index (χ4v) is 4.22. The summed E-state index contributed by atoms with van der Waals surface area (Å²) in [6, 6.07) is 6.70. The molecule has 0 spiro atoms. The minimum Gasteiger partial charge on any atom is -0.343 e. The maximum absolute atomic E-state index is 13.1. The van der Waals surface area contributed by atoms with Crippen molar-refractivity contribution in [3.05, 3.63) is 70.8 Å². The predicted molar refractivity (Wildman–Crippen MR) is 125 cm³/mol. The number of halogens is 4. The van der Waals surface area contributed by atoms with E-state index in [0.717, 1.165) is 25.1 Å². The number of hydrogen-bond donors (Lipinski definition) is 2. The van der Waals surface area contributed by atoms with E-state index in [9.17, 15) is 18.0 Å². The standard InChI is InChI=1S/C24H21ClF3N5O3/c1-13-12-35-23(36-13,15-2-3-15)17-9-19(25)30-11-18(17)32-22(34)14-6-7-29-21(8-14)33-20-5-4-16(10-31-20)24(26,27)28/h4-11,13,15H,2-3,12H2,1H3,(H,32,34)(H,29,31,33). The van der Waals surface area contributed by atoms with Gasteiger partial charge < -0.3 is 20.1 Å². The summed E-state index contributed by atoms with van der Waals surface area (Å²) < 4.78 is 50.6. The number of hydrogen-bond acceptors (Lipinski definition) is 7. The van der Waals surface area contributed by atoms with Crippen LogP contribution in [0.15, 0.2) is 48.9 Å². The molecule has 1 aliphatic heterocycles. The lowest BCUT2D eigenvalue weighted by Gasteiger charge is -2.30. The maximum atomic E-state index is 13.1. The Hall–Kier alpha value is -3.28. The van der Waals surface area contributed by atoms with Crippen LogP contribution < -0.4 is 10.6 Å². The molecule has 2 atom stereocenters. The summed E-state index contributed by atoms with van der Waals surface area (Å²) >= 11 is 6.18. The summed E-state index contributed by atoms with van der Waals surface area (Å²) in [6.07, 6.45) is 0.837. The average Bonchev–Trinajstić information content (AvgIpc) is 3.62. The Morgan fingerprint density at radius 2 is 1.92 bits per heavy atom. The number of pyridine rings is 3. The first-order valence-electron chi connectivity index (χ1n) is 11.2. The van der Waals surface area contributed by atoms with Crippen molar-refractivity contribution in [1.82, 2.24) is 15.0 Å². The third kappa shape index (κ3) is 4.99. The zero-order valence-electron chi connectivity index (χ0n) is 19.0. The van der Waals surface area contributed by atoms with Gasteiger partial charge in [-0.05, 0) is 50.1 Å². The first-order chi connectivity index (χ1) is 17.1. The number of anilines is 3. The number of rotatable bonds is 6. The van der Waals surface area contributed by atoms with E-state index in [1.54, 1.807) is 6.07 Å². The summed E-state index contributed by atoms with van der Waals surface area (Å²) in [5, 5.41) is 5.90. The second kappa shape index (κ2) is 9.30. The largest absolute Gasteiger partial charge is 0.417 e. The van der Waals surface area contributed by atoms with Crippen LogP contribution in [0.25, 0.3) is 0 Å². The van der Waals surface area contributed by atoms with Crippen LogP contribution in [-0.4, -0.2) is 33.6 Å². The molecule has 12 heteroatoms. The molecule has 0 aromatic carbocycles. The molecule has 0 bridgehead atoms. The molecule has 36 heavy (non-hydrogen) atoms. The van der Waals surface area contributed by atoms with Crippen LogP contribution in [0.3, 0.4) is 0 Å². The topological polar surface area (TPSA) is 98.3 Å². The second-order valence-corrected chi connectivity index (χ2v) is 9.06. The molecule has 1 amide bonds. The van der Waals surface area contributed by atoms with Gasteiger partial charge in [-0.15, -0.1) is 0 Å². The van der Waals surface area contributed by atoms with Gasteiger partial charge in [0.25, 0.3) is 5.91 Å². The average molecular weight is 520 g/mol. The lowest BCUT2D eigenvalue weighted by molar-refractivity contribution is -0.190. The summed E-state index contributed by atoms with van der Waals surface area (Å²) in [6.45, 7) is 2.34. The highest BCUT2D eigenvalue weighted by molar-refractivity contribution is 6.29. The molecular formula is C24H21ClF3N5O3. The molecule has 3 aromatic rings. The van der Waals surface area contributed by atoms with Gasteiger partial charge in [-0.1, -0.05) is 11.6 Å². The molecule has 1 aliphatic carbocycles. The predicted octanol–water partition coefficient (Wildman–Crippen LogP) is 5.54. The van der Waals surface area contributed by atoms with E-state index in [-0.39, 0.29) is 34.4 Å². The van der Waals surface area contributed by atoms with Crippen LogP contribution in [0.5, 0.6) is 0 Å². The van der Waals surface area contributed by atoms with Crippen LogP contribution in [0.1, 0.15) is 41.3 Å². The zero-order valence-corrected chi connectivity index (χ0v) is 19.7. The molecule has 8 nitrogen and oxygen atoms in total. The van der Waals surface area contributed by atoms with E-state index in [0.29, 0.717) is 17.9 Å². The first kappa shape index (κ1) is 24.4. The van der Waals surface area contributed by atoms with E-state index >= 15 is 0 Å². The Labute approximate surface area is 209 Å². The fourth-order valence-electron chi connectivity index (χ4n) is 4.07. The minimum atomic E-state index is -4.48. The smallest absolute Gasteiger partial charge is 0.343 e. The third-order valence-corrected chi connectivity index (χ3v) is 6.09. The molecule has 2 unspecified atom stereocenters. The number of nitrogens with zero attached hydrogens (tertiary/aromatic N) is 3. The lowest BCUT2D eigenvalue weighted by Crippen LogP contribution is -2.32. The van der Waals surface area contributed by atoms with Crippen LogP contribution in [0, 0.1) is 5.92 Å². The Morgan fingerprint density at radius 1 is 1.11 bits per heavy atom. The third-order valence-electron chi connectivity index (χ3n) is 5.89. The van der Waals surface area contributed by atoms with Crippen LogP contribution in [0.4, 0.5) is 30.5 Å². The van der Waals surface area contributed by atoms with Crippen molar-refractivity contribution in [3.8, 4) is 0 Å². The van der Waals surface area contributed by atoms with Gasteiger partial charge in [-0.25, -0.2) is 15.0 Å². The maximum Gasteiger partial charge on any atom is 0.417 e. The molecule has 3 aromatic heterocycles. The summed E-state index contributed by atoms with van der Waals surface area (Å²) in [5.41, 5.74) is 0.391. The second-order valence-electron chi connectivity index (χ2n) is 8.67. The van der Waals surface area contributed by atoms with Crippen molar-refractivity contribution in [2.24, 2.45) is 5.92 Å². The molecular weight excluding hydrogens is 499 g/mol. The van der Waals surface area contributed by atoms with Gasteiger partial charge in [-0.3, -0.25) is 4.79 Å². The highest BCUT2D eigenvalue weighted by atomic mass is 35.5. The molecule has 2 fully saturated rings. The molecule has 188 valence electrons. The highest BCUT2D eigenvalue weighted by Crippen LogP contribution is 2.54. The summed E-state index contributed by atoms with van der Waals surface area (Å²) in [5.74, 6) is -0.940. The Kier molecular flexibility index (Phi) is 6.31. The van der Waals surface area contributed by atoms with E-state index in [1.807, 2.05) is 6.92 Å². The van der Waals surface area contributed by atoms with Gasteiger partial charge in [0.15, 0.2) is 5.79 Å². The normalized spacial score (nSPS) is 21.9. The SMILES string of the molecule is CC1COC(c2cc(Cl)ncc2NC(=O)c2ccnc(Nc3ccc(C(F)(F)F)cn3)c2)(C2CC2)O1. The number of alkyl halides is 3. The van der Waals surface area contributed by atoms with E-state index in [4.69, 9.17) is 21.1 Å². The zero-order chi connectivity index (χ0) is 25.5. The van der Waals surface area contributed by atoms with Crippen molar-refractivity contribution in [1.29, 1.82) is 0 Å². The van der Waals surface area contributed by atoms with Crippen LogP contribution in [-0.2, 0) is 21.4 Å². The van der Waals surface area contributed by atoms with Gasteiger partial charge in [-0.2, -0.15) is 13.2 Å². The number of amides is 1. The van der Waals surface area contributed by atoms with Crippen LogP contribution >= 0.6 is 11.6 Å². The van der Waals surface area contributed by atoms with E-state index in [2.05, 4.69) is 25.6 Å². The van der Waals surface area contributed by atoms with Gasteiger partial charge in [0.05, 0.1) is 30.2 Å². The van der Waals surface area contributed by atoms with E-state index < -0.39 is 23.4 Å². The summed E-state index contributed by atoms with van der Waals surface area (Å²) in [7, 11) is 0. The lowest BCUT2D eigenvalue weighted by atomic mass is 10.00. The summed E-state index contributed by atoms with van der Waals surface area (Å²) in [4.78, 5) is 25.1. The van der Waals surface area contributed by atoms with Crippen molar-refractivity contribution >= 4 is 34.8 Å². The van der Waals surface area contributed by atoms with Crippen LogP contribution in [0.2, 0.25) is 5.15 Å². The number of nitrogens with one attached hydrogen (secondary N) is 2. The number of aromatic nitrogens is 3. The van der Waals surface area contributed by atoms with Gasteiger partial charge in [0.2, 0.25) is 0 Å². The molecule has 0 radical (unpaired) electrons. The Bertz CT molecular complexity index is 1290. The Morgan fingerprint density at radius 3 is 2.56 bits per heavy atom. The van der Waals surface area contributed by atoms with E-state index in [1.165, 1.54) is 30.6 Å². The van der Waals surface area contributed by atoms with Crippen molar-refractivity contribution in [2.45, 2.75) is 37.8 Å². The monoisotopic (exact) mass is 519 g/mol. The molecule has 5 rings (SSSR count). The van der Waals surface area contributed by atoms with Gasteiger partial charge in [0.1, 0.15) is 16.8 Å². The molecule has 2 aliphatic rings. The fraction of sp³-hybridized carbons (Fsp3) is 0.333. The number of carbonyl (C=O) groups excluding carboxylic acids is 1.